The molecular weight excluding hydrogens is 515 g/mol. The standard InChI is InChI=1S/C35H37O4P/c1-21(2)26-19-30(22(3)4)32(31(20-26)23(5)6)29-16-15-24-11-7-9-13-27(24)33(29)34-28-14-10-8-12-25(28)17-18-35(34)38-40(36,37)39-35/h7-17,19-23H,18H2,1-6H3,(H,36,37). The number of fused-ring (bicyclic) bond motifs is 2. The summed E-state index contributed by atoms with van der Waals surface area (Å²) in [7, 11) is -4.13. The first-order valence-electron chi connectivity index (χ1n) is 14.3. The predicted molar refractivity (Wildman–Crippen MR) is 164 cm³/mol. The summed E-state index contributed by atoms with van der Waals surface area (Å²) in [5.74, 6) is -0.324. The molecule has 0 bridgehead atoms. The van der Waals surface area contributed by atoms with Crippen LogP contribution in [0.3, 0.4) is 0 Å². The van der Waals surface area contributed by atoms with Crippen molar-refractivity contribution < 1.29 is 18.5 Å². The maximum absolute atomic E-state index is 12.5. The Morgan fingerprint density at radius 3 is 2.02 bits per heavy atom. The Bertz CT molecular complexity index is 1780. The van der Waals surface area contributed by atoms with Crippen molar-refractivity contribution in [2.75, 3.05) is 0 Å². The third-order valence-electron chi connectivity index (χ3n) is 8.31. The van der Waals surface area contributed by atoms with Crippen LogP contribution in [0.25, 0.3) is 33.5 Å². The van der Waals surface area contributed by atoms with Gasteiger partial charge in [0.15, 0.2) is 0 Å². The Balaban J connectivity index is 1.81. The van der Waals surface area contributed by atoms with Crippen LogP contribution in [-0.2, 0) is 13.6 Å². The Hall–Kier alpha value is -3.01. The average Bonchev–Trinajstić information content (AvgIpc) is 2.90. The van der Waals surface area contributed by atoms with Crippen molar-refractivity contribution in [3.05, 3.63) is 105 Å². The van der Waals surface area contributed by atoms with Gasteiger partial charge in [0.25, 0.3) is 0 Å². The van der Waals surface area contributed by atoms with Crippen molar-refractivity contribution >= 4 is 30.2 Å². The van der Waals surface area contributed by atoms with Gasteiger partial charge in [-0.1, -0.05) is 120 Å². The molecule has 1 spiro atoms. The number of phosphoric ester groups is 1. The van der Waals surface area contributed by atoms with Crippen LogP contribution in [0.2, 0.25) is 0 Å². The fourth-order valence-corrected chi connectivity index (χ4v) is 7.43. The second-order valence-electron chi connectivity index (χ2n) is 12.0. The fraction of sp³-hybridized carbons (Fsp3) is 0.314. The Morgan fingerprint density at radius 1 is 0.775 bits per heavy atom. The van der Waals surface area contributed by atoms with E-state index in [0.717, 1.165) is 37.9 Å². The lowest BCUT2D eigenvalue weighted by atomic mass is 9.76. The fourth-order valence-electron chi connectivity index (χ4n) is 6.34. The van der Waals surface area contributed by atoms with Crippen molar-refractivity contribution in [1.82, 2.24) is 0 Å². The number of hydrogen-bond donors (Lipinski definition) is 1. The molecule has 0 amide bonds. The maximum Gasteiger partial charge on any atom is 0.477 e. The second kappa shape index (κ2) is 9.82. The number of benzene rings is 4. The number of phosphoric acid groups is 1. The summed E-state index contributed by atoms with van der Waals surface area (Å²) >= 11 is 0. The highest BCUT2D eigenvalue weighted by Gasteiger charge is 2.58. The highest BCUT2D eigenvalue weighted by molar-refractivity contribution is 7.48. The summed E-state index contributed by atoms with van der Waals surface area (Å²) in [4.78, 5) is 10.2. The maximum atomic E-state index is 12.5. The van der Waals surface area contributed by atoms with Crippen LogP contribution < -0.4 is 10.4 Å². The molecule has 0 aromatic heterocycles. The molecule has 206 valence electrons. The minimum Gasteiger partial charge on any atom is -0.302 e. The number of rotatable bonds is 5. The Kier molecular flexibility index (Phi) is 6.67. The smallest absolute Gasteiger partial charge is 0.302 e. The van der Waals surface area contributed by atoms with E-state index in [4.69, 9.17) is 9.05 Å². The van der Waals surface area contributed by atoms with Crippen molar-refractivity contribution in [2.24, 2.45) is 0 Å². The van der Waals surface area contributed by atoms with Gasteiger partial charge in [-0.25, -0.2) is 13.6 Å². The SMILES string of the molecule is CC(C)c1cc(C(C)C)c(-c2ccc3ccccc3c2C2=c3ccccc3=CCC23OP(=O)(O)O3)c(C(C)C)c1. The first kappa shape index (κ1) is 27.2. The van der Waals surface area contributed by atoms with Gasteiger partial charge in [0.05, 0.1) is 0 Å². The summed E-state index contributed by atoms with van der Waals surface area (Å²) in [6.07, 6.45) is 2.40. The Morgan fingerprint density at radius 2 is 1.40 bits per heavy atom. The van der Waals surface area contributed by atoms with Crippen LogP contribution in [0, 0.1) is 0 Å². The summed E-state index contributed by atoms with van der Waals surface area (Å²) in [6, 6.07) is 25.7. The van der Waals surface area contributed by atoms with Crippen LogP contribution in [0.1, 0.15) is 88.0 Å². The molecule has 2 aliphatic rings. The lowest BCUT2D eigenvalue weighted by molar-refractivity contribution is -0.169. The minimum absolute atomic E-state index is 0.297. The molecule has 4 nitrogen and oxygen atoms in total. The van der Waals surface area contributed by atoms with Crippen LogP contribution in [0.4, 0.5) is 0 Å². The largest absolute Gasteiger partial charge is 0.477 e. The third-order valence-corrected chi connectivity index (χ3v) is 9.36. The van der Waals surface area contributed by atoms with E-state index in [9.17, 15) is 9.46 Å². The van der Waals surface area contributed by atoms with E-state index in [1.807, 2.05) is 24.3 Å². The van der Waals surface area contributed by atoms with Gasteiger partial charge in [-0.05, 0) is 72.3 Å². The van der Waals surface area contributed by atoms with Gasteiger partial charge in [-0.15, -0.1) is 0 Å². The molecule has 0 radical (unpaired) electrons. The molecule has 0 atom stereocenters. The van der Waals surface area contributed by atoms with Gasteiger partial charge < -0.3 is 4.89 Å². The van der Waals surface area contributed by atoms with Crippen LogP contribution in [0.15, 0.2) is 72.8 Å². The molecule has 4 aromatic rings. The van der Waals surface area contributed by atoms with Crippen molar-refractivity contribution in [3.63, 3.8) is 0 Å². The molecule has 5 heteroatoms. The van der Waals surface area contributed by atoms with E-state index < -0.39 is 13.6 Å². The van der Waals surface area contributed by atoms with E-state index in [1.165, 1.54) is 22.3 Å². The monoisotopic (exact) mass is 552 g/mol. The molecule has 6 rings (SSSR count). The summed E-state index contributed by atoms with van der Waals surface area (Å²) < 4.78 is 24.2. The summed E-state index contributed by atoms with van der Waals surface area (Å²) in [6.45, 7) is 13.5. The molecular formula is C35H37O4P. The number of hydrogen-bond acceptors (Lipinski definition) is 3. The predicted octanol–water partition coefficient (Wildman–Crippen LogP) is 8.10. The second-order valence-corrected chi connectivity index (χ2v) is 13.3. The quantitative estimate of drug-likeness (QED) is 0.254. The van der Waals surface area contributed by atoms with Crippen LogP contribution >= 0.6 is 7.82 Å². The van der Waals surface area contributed by atoms with E-state index in [1.54, 1.807) is 0 Å². The van der Waals surface area contributed by atoms with Crippen LogP contribution in [0.5, 0.6) is 0 Å². The molecule has 1 fully saturated rings. The van der Waals surface area contributed by atoms with Gasteiger partial charge in [0, 0.05) is 12.0 Å². The molecule has 1 aliphatic carbocycles. The van der Waals surface area contributed by atoms with E-state index in [0.29, 0.717) is 24.2 Å². The minimum atomic E-state index is -4.13. The van der Waals surface area contributed by atoms with E-state index >= 15 is 0 Å². The van der Waals surface area contributed by atoms with Crippen LogP contribution in [-0.4, -0.2) is 10.7 Å². The van der Waals surface area contributed by atoms with E-state index in [-0.39, 0.29) is 0 Å². The van der Waals surface area contributed by atoms with Crippen molar-refractivity contribution in [3.8, 4) is 11.1 Å². The Labute approximate surface area is 236 Å². The molecule has 4 aromatic carbocycles. The van der Waals surface area contributed by atoms with E-state index in [2.05, 4.69) is 96.1 Å². The zero-order valence-electron chi connectivity index (χ0n) is 24.1. The van der Waals surface area contributed by atoms with Gasteiger partial charge >= 0.3 is 7.82 Å². The molecule has 1 N–H and O–H groups in total. The molecule has 40 heavy (non-hydrogen) atoms. The third kappa shape index (κ3) is 4.39. The normalized spacial score (nSPS) is 22.2. The molecule has 0 saturated carbocycles. The molecule has 1 aliphatic heterocycles. The van der Waals surface area contributed by atoms with Crippen molar-refractivity contribution in [2.45, 2.75) is 71.5 Å². The first-order chi connectivity index (χ1) is 19.0. The lowest BCUT2D eigenvalue weighted by Crippen LogP contribution is -2.51. The molecule has 1 saturated heterocycles. The highest BCUT2D eigenvalue weighted by Crippen LogP contribution is 2.66. The van der Waals surface area contributed by atoms with Gasteiger partial charge in [-0.3, -0.25) is 0 Å². The van der Waals surface area contributed by atoms with Gasteiger partial charge in [-0.2, -0.15) is 0 Å². The summed E-state index contributed by atoms with van der Waals surface area (Å²) in [5, 5.41) is 4.19. The molecule has 0 unspecified atom stereocenters. The first-order valence-corrected chi connectivity index (χ1v) is 15.8. The summed E-state index contributed by atoms with van der Waals surface area (Å²) in [5.41, 5.74) is 8.09. The van der Waals surface area contributed by atoms with Gasteiger partial charge in [0.1, 0.15) is 0 Å². The zero-order chi connectivity index (χ0) is 28.4. The highest BCUT2D eigenvalue weighted by atomic mass is 31.2. The van der Waals surface area contributed by atoms with Gasteiger partial charge in [0.2, 0.25) is 5.79 Å². The lowest BCUT2D eigenvalue weighted by Gasteiger charge is -2.46. The average molecular weight is 553 g/mol. The topological polar surface area (TPSA) is 55.8 Å². The van der Waals surface area contributed by atoms with Crippen molar-refractivity contribution in [1.29, 1.82) is 0 Å². The zero-order valence-corrected chi connectivity index (χ0v) is 25.0. The molecule has 1 heterocycles.